The molecular formula is C22H21NO2. The number of aromatic hydroxyl groups is 1. The molecule has 0 amide bonds. The molecule has 0 radical (unpaired) electrons. The highest BCUT2D eigenvalue weighted by atomic mass is 16.3. The Morgan fingerprint density at radius 3 is 2.44 bits per heavy atom. The molecule has 0 heterocycles. The summed E-state index contributed by atoms with van der Waals surface area (Å²) >= 11 is 0. The molecular weight excluding hydrogens is 310 g/mol. The topological polar surface area (TPSA) is 49.7 Å². The van der Waals surface area contributed by atoms with Gasteiger partial charge in [-0.3, -0.25) is 9.79 Å². The largest absolute Gasteiger partial charge is 0.507 e. The molecule has 0 aliphatic carbocycles. The van der Waals surface area contributed by atoms with Crippen molar-refractivity contribution in [2.75, 3.05) is 6.54 Å². The third kappa shape index (κ3) is 3.45. The molecule has 25 heavy (non-hydrogen) atoms. The van der Waals surface area contributed by atoms with Crippen molar-refractivity contribution in [1.82, 2.24) is 0 Å². The van der Waals surface area contributed by atoms with Crippen molar-refractivity contribution in [2.45, 2.75) is 19.3 Å². The van der Waals surface area contributed by atoms with Crippen molar-refractivity contribution < 1.29 is 9.90 Å². The van der Waals surface area contributed by atoms with E-state index in [0.717, 1.165) is 16.3 Å². The summed E-state index contributed by atoms with van der Waals surface area (Å²) in [6.07, 6.45) is 1.59. The Morgan fingerprint density at radius 2 is 1.68 bits per heavy atom. The second-order valence-corrected chi connectivity index (χ2v) is 6.60. The minimum absolute atomic E-state index is 0.0367. The first-order chi connectivity index (χ1) is 12.0. The summed E-state index contributed by atoms with van der Waals surface area (Å²) in [5.41, 5.74) is 1.02. The van der Waals surface area contributed by atoms with Crippen LogP contribution in [0.5, 0.6) is 5.75 Å². The smallest absolute Gasteiger partial charge is 0.164 e. The third-order valence-electron chi connectivity index (χ3n) is 4.60. The van der Waals surface area contributed by atoms with Crippen molar-refractivity contribution >= 4 is 22.8 Å². The first kappa shape index (κ1) is 16.9. The molecule has 0 saturated carbocycles. The van der Waals surface area contributed by atoms with Gasteiger partial charge in [-0.15, -0.1) is 0 Å². The number of ketones is 1. The second kappa shape index (κ2) is 6.89. The summed E-state index contributed by atoms with van der Waals surface area (Å²) < 4.78 is 0. The van der Waals surface area contributed by atoms with Gasteiger partial charge in [-0.05, 0) is 36.2 Å². The standard InChI is InChI=1S/C22H21NO2/c1-22(2,17-9-4-3-5-10-17)21(25)15-23-14-19-18-11-7-6-8-16(18)12-13-20(19)24/h3-14,24H,15H2,1-2H3/b23-14+. The second-order valence-electron chi connectivity index (χ2n) is 6.60. The fourth-order valence-corrected chi connectivity index (χ4v) is 2.85. The highest BCUT2D eigenvalue weighted by Gasteiger charge is 2.28. The zero-order chi connectivity index (χ0) is 17.9. The number of hydrogen-bond acceptors (Lipinski definition) is 3. The molecule has 3 heteroatoms. The van der Waals surface area contributed by atoms with Gasteiger partial charge in [0, 0.05) is 11.8 Å². The zero-order valence-electron chi connectivity index (χ0n) is 14.4. The summed E-state index contributed by atoms with van der Waals surface area (Å²) in [6.45, 7) is 3.90. The van der Waals surface area contributed by atoms with E-state index in [2.05, 4.69) is 4.99 Å². The van der Waals surface area contributed by atoms with Crippen LogP contribution in [0.4, 0.5) is 0 Å². The number of carbonyl (C=O) groups excluding carboxylic acids is 1. The van der Waals surface area contributed by atoms with Crippen molar-refractivity contribution in [2.24, 2.45) is 4.99 Å². The van der Waals surface area contributed by atoms with Crippen molar-refractivity contribution in [1.29, 1.82) is 0 Å². The molecule has 3 nitrogen and oxygen atoms in total. The van der Waals surface area contributed by atoms with Crippen LogP contribution in [0, 0.1) is 0 Å². The van der Waals surface area contributed by atoms with Crippen molar-refractivity contribution in [3.8, 4) is 5.75 Å². The van der Waals surface area contributed by atoms with Gasteiger partial charge in [0.2, 0.25) is 0 Å². The molecule has 0 atom stereocenters. The van der Waals surface area contributed by atoms with Crippen LogP contribution in [-0.4, -0.2) is 23.6 Å². The molecule has 0 fully saturated rings. The Kier molecular flexibility index (Phi) is 4.66. The molecule has 1 N–H and O–H groups in total. The van der Waals surface area contributed by atoms with Gasteiger partial charge in [0.25, 0.3) is 0 Å². The molecule has 3 aromatic rings. The fraction of sp³-hybridized carbons (Fsp3) is 0.182. The van der Waals surface area contributed by atoms with Crippen LogP contribution in [0.2, 0.25) is 0 Å². The monoisotopic (exact) mass is 331 g/mol. The van der Waals surface area contributed by atoms with Gasteiger partial charge < -0.3 is 5.11 Å². The molecule has 0 bridgehead atoms. The van der Waals surface area contributed by atoms with Crippen LogP contribution >= 0.6 is 0 Å². The SMILES string of the molecule is CC(C)(C(=O)C/N=C/c1c(O)ccc2ccccc12)c1ccccc1. The van der Waals surface area contributed by atoms with Gasteiger partial charge in [0.15, 0.2) is 5.78 Å². The van der Waals surface area contributed by atoms with Crippen LogP contribution in [0.15, 0.2) is 71.7 Å². The summed E-state index contributed by atoms with van der Waals surface area (Å²) in [5, 5.41) is 12.1. The van der Waals surface area contributed by atoms with E-state index in [1.807, 2.05) is 74.5 Å². The first-order valence-corrected chi connectivity index (χ1v) is 8.29. The first-order valence-electron chi connectivity index (χ1n) is 8.29. The van der Waals surface area contributed by atoms with E-state index >= 15 is 0 Å². The van der Waals surface area contributed by atoms with Crippen molar-refractivity contribution in [3.05, 3.63) is 77.9 Å². The molecule has 0 aliphatic heterocycles. The lowest BCUT2D eigenvalue weighted by Crippen LogP contribution is -2.31. The van der Waals surface area contributed by atoms with Crippen molar-refractivity contribution in [3.63, 3.8) is 0 Å². The van der Waals surface area contributed by atoms with Gasteiger partial charge in [0.1, 0.15) is 5.75 Å². The molecule has 0 unspecified atom stereocenters. The average molecular weight is 331 g/mol. The number of nitrogens with zero attached hydrogens (tertiary/aromatic N) is 1. The maximum atomic E-state index is 12.6. The Labute approximate surface area is 147 Å². The number of fused-ring (bicyclic) bond motifs is 1. The summed E-state index contributed by atoms with van der Waals surface area (Å²) in [6, 6.07) is 21.0. The van der Waals surface area contributed by atoms with Gasteiger partial charge >= 0.3 is 0 Å². The summed E-state index contributed by atoms with van der Waals surface area (Å²) in [7, 11) is 0. The molecule has 0 saturated heterocycles. The van der Waals surface area contributed by atoms with Gasteiger partial charge in [-0.25, -0.2) is 0 Å². The van der Waals surface area contributed by atoms with Gasteiger partial charge in [-0.2, -0.15) is 0 Å². The Morgan fingerprint density at radius 1 is 1.00 bits per heavy atom. The van der Waals surface area contributed by atoms with Gasteiger partial charge in [0.05, 0.1) is 12.0 Å². The molecule has 3 rings (SSSR count). The maximum absolute atomic E-state index is 12.6. The molecule has 126 valence electrons. The lowest BCUT2D eigenvalue weighted by atomic mass is 9.80. The normalized spacial score (nSPS) is 11.9. The van der Waals surface area contributed by atoms with E-state index in [1.165, 1.54) is 0 Å². The van der Waals surface area contributed by atoms with E-state index in [1.54, 1.807) is 12.3 Å². The molecule has 0 aliphatic rings. The van der Waals surface area contributed by atoms with Crippen LogP contribution in [0.3, 0.4) is 0 Å². The zero-order valence-corrected chi connectivity index (χ0v) is 14.4. The van der Waals surface area contributed by atoms with Gasteiger partial charge in [-0.1, -0.05) is 60.7 Å². The maximum Gasteiger partial charge on any atom is 0.164 e. The number of rotatable bonds is 5. The molecule has 0 aromatic heterocycles. The van der Waals surface area contributed by atoms with E-state index < -0.39 is 5.41 Å². The average Bonchev–Trinajstić information content (AvgIpc) is 2.64. The van der Waals surface area contributed by atoms with Crippen LogP contribution in [0.25, 0.3) is 10.8 Å². The molecule has 0 spiro atoms. The lowest BCUT2D eigenvalue weighted by molar-refractivity contribution is -0.122. The predicted molar refractivity (Wildman–Crippen MR) is 103 cm³/mol. The Bertz CT molecular complexity index is 927. The quantitative estimate of drug-likeness (QED) is 0.699. The number of Topliss-reactive ketones (excluding diaryl/α,β-unsaturated/α-hetero) is 1. The van der Waals surface area contributed by atoms with E-state index in [-0.39, 0.29) is 18.1 Å². The van der Waals surface area contributed by atoms with Crippen LogP contribution in [0.1, 0.15) is 25.0 Å². The third-order valence-corrected chi connectivity index (χ3v) is 4.60. The number of benzene rings is 3. The lowest BCUT2D eigenvalue weighted by Gasteiger charge is -2.22. The number of carbonyl (C=O) groups is 1. The fourth-order valence-electron chi connectivity index (χ4n) is 2.85. The minimum Gasteiger partial charge on any atom is -0.507 e. The Hall–Kier alpha value is -2.94. The van der Waals surface area contributed by atoms with Crippen LogP contribution < -0.4 is 0 Å². The minimum atomic E-state index is -0.598. The number of phenolic OH excluding ortho intramolecular Hbond substituents is 1. The highest BCUT2D eigenvalue weighted by molar-refractivity contribution is 6.03. The van der Waals surface area contributed by atoms with E-state index in [9.17, 15) is 9.90 Å². The predicted octanol–water partition coefficient (Wildman–Crippen LogP) is 4.51. The number of aliphatic imine (C=N–C) groups is 1. The number of phenols is 1. The van der Waals surface area contributed by atoms with E-state index in [0.29, 0.717) is 5.56 Å². The number of hydrogen-bond donors (Lipinski definition) is 1. The van der Waals surface area contributed by atoms with E-state index in [4.69, 9.17) is 0 Å². The summed E-state index contributed by atoms with van der Waals surface area (Å²) in [4.78, 5) is 16.9. The highest BCUT2D eigenvalue weighted by Crippen LogP contribution is 2.26. The van der Waals surface area contributed by atoms with Crippen LogP contribution in [-0.2, 0) is 10.2 Å². The summed E-state index contributed by atoms with van der Waals surface area (Å²) in [5.74, 6) is 0.201. The molecule has 3 aromatic carbocycles. The Balaban J connectivity index is 1.82.